The van der Waals surface area contributed by atoms with Gasteiger partial charge in [0, 0.05) is 30.8 Å². The second-order valence-electron chi connectivity index (χ2n) is 5.46. The lowest BCUT2D eigenvalue weighted by Crippen LogP contribution is -2.35. The molecule has 0 saturated heterocycles. The quantitative estimate of drug-likeness (QED) is 0.774. The van der Waals surface area contributed by atoms with Crippen LogP contribution >= 0.6 is 0 Å². The molecule has 0 aromatic carbocycles. The summed E-state index contributed by atoms with van der Waals surface area (Å²) in [6.07, 6.45) is 4.17. The molecule has 3 N–H and O–H groups in total. The predicted octanol–water partition coefficient (Wildman–Crippen LogP) is 0.865. The minimum Gasteiger partial charge on any atom is -0.384 e. The molecule has 1 fully saturated rings. The molecule has 118 valence electrons. The number of methoxy groups -OCH3 is 1. The van der Waals surface area contributed by atoms with E-state index in [9.17, 15) is 0 Å². The smallest absolute Gasteiger partial charge is 0.229 e. The van der Waals surface area contributed by atoms with Crippen LogP contribution < -0.4 is 11.1 Å². The SMILES string of the molecule is COCCc1nc(CNc2cc(C3CC(N)C3)ncn2)no1. The number of nitrogens with zero attached hydrogens (tertiary/aromatic N) is 4. The number of anilines is 1. The summed E-state index contributed by atoms with van der Waals surface area (Å²) in [6.45, 7) is 1.02. The van der Waals surface area contributed by atoms with Crippen molar-refractivity contribution in [3.05, 3.63) is 29.8 Å². The first-order valence-electron chi connectivity index (χ1n) is 7.36. The first-order chi connectivity index (χ1) is 10.7. The van der Waals surface area contributed by atoms with Gasteiger partial charge in [0.2, 0.25) is 5.89 Å². The van der Waals surface area contributed by atoms with Crippen molar-refractivity contribution in [1.82, 2.24) is 20.1 Å². The predicted molar refractivity (Wildman–Crippen MR) is 79.2 cm³/mol. The largest absolute Gasteiger partial charge is 0.384 e. The second kappa shape index (κ2) is 6.80. The van der Waals surface area contributed by atoms with E-state index in [0.717, 1.165) is 24.4 Å². The van der Waals surface area contributed by atoms with Crippen LogP contribution in [0.25, 0.3) is 0 Å². The number of hydrogen-bond acceptors (Lipinski definition) is 8. The molecule has 3 rings (SSSR count). The van der Waals surface area contributed by atoms with Crippen LogP contribution in [0.2, 0.25) is 0 Å². The average molecular weight is 304 g/mol. The molecule has 0 unspecified atom stereocenters. The van der Waals surface area contributed by atoms with E-state index in [2.05, 4.69) is 25.4 Å². The van der Waals surface area contributed by atoms with Crippen molar-refractivity contribution in [3.63, 3.8) is 0 Å². The van der Waals surface area contributed by atoms with E-state index in [1.54, 1.807) is 13.4 Å². The molecule has 0 bridgehead atoms. The van der Waals surface area contributed by atoms with Gasteiger partial charge in [-0.1, -0.05) is 5.16 Å². The molecule has 2 aromatic rings. The molecule has 8 heteroatoms. The molecule has 2 heterocycles. The zero-order valence-corrected chi connectivity index (χ0v) is 12.5. The molecule has 2 aromatic heterocycles. The van der Waals surface area contributed by atoms with Crippen LogP contribution in [-0.4, -0.2) is 39.9 Å². The highest BCUT2D eigenvalue weighted by molar-refractivity contribution is 5.36. The van der Waals surface area contributed by atoms with Crippen molar-refractivity contribution in [3.8, 4) is 0 Å². The topological polar surface area (TPSA) is 112 Å². The maximum absolute atomic E-state index is 5.82. The Morgan fingerprint density at radius 3 is 3.05 bits per heavy atom. The Labute approximate surface area is 128 Å². The molecule has 22 heavy (non-hydrogen) atoms. The molecule has 0 amide bonds. The van der Waals surface area contributed by atoms with E-state index in [-0.39, 0.29) is 0 Å². The summed E-state index contributed by atoms with van der Waals surface area (Å²) in [4.78, 5) is 12.8. The minimum absolute atomic E-state index is 0.307. The van der Waals surface area contributed by atoms with Gasteiger partial charge in [-0.2, -0.15) is 4.98 Å². The minimum atomic E-state index is 0.307. The van der Waals surface area contributed by atoms with Crippen molar-refractivity contribution in [2.24, 2.45) is 5.73 Å². The lowest BCUT2D eigenvalue weighted by atomic mass is 9.79. The fourth-order valence-corrected chi connectivity index (χ4v) is 2.42. The Morgan fingerprint density at radius 1 is 1.41 bits per heavy atom. The van der Waals surface area contributed by atoms with Crippen molar-refractivity contribution in [2.45, 2.75) is 37.8 Å². The van der Waals surface area contributed by atoms with Crippen molar-refractivity contribution >= 4 is 5.82 Å². The molecule has 0 radical (unpaired) electrons. The second-order valence-corrected chi connectivity index (χ2v) is 5.46. The van der Waals surface area contributed by atoms with Crippen LogP contribution in [0.4, 0.5) is 5.82 Å². The van der Waals surface area contributed by atoms with Crippen molar-refractivity contribution in [1.29, 1.82) is 0 Å². The van der Waals surface area contributed by atoms with Crippen molar-refractivity contribution in [2.75, 3.05) is 19.0 Å². The van der Waals surface area contributed by atoms with Crippen LogP contribution in [0.5, 0.6) is 0 Å². The van der Waals surface area contributed by atoms with E-state index in [4.69, 9.17) is 15.0 Å². The van der Waals surface area contributed by atoms with E-state index >= 15 is 0 Å². The van der Waals surface area contributed by atoms with Gasteiger partial charge in [-0.3, -0.25) is 0 Å². The monoisotopic (exact) mass is 304 g/mol. The highest BCUT2D eigenvalue weighted by atomic mass is 16.5. The van der Waals surface area contributed by atoms with Gasteiger partial charge in [0.1, 0.15) is 12.1 Å². The van der Waals surface area contributed by atoms with Crippen LogP contribution in [0.15, 0.2) is 16.9 Å². The Bertz CT molecular complexity index is 611. The van der Waals surface area contributed by atoms with E-state index in [1.165, 1.54) is 0 Å². The summed E-state index contributed by atoms with van der Waals surface area (Å²) in [6, 6.07) is 2.27. The van der Waals surface area contributed by atoms with E-state index in [1.807, 2.05) is 6.07 Å². The number of nitrogens with one attached hydrogen (secondary N) is 1. The summed E-state index contributed by atoms with van der Waals surface area (Å²) < 4.78 is 10.1. The molecule has 0 atom stereocenters. The number of hydrogen-bond donors (Lipinski definition) is 2. The molecule has 0 aliphatic heterocycles. The Morgan fingerprint density at radius 2 is 2.27 bits per heavy atom. The van der Waals surface area contributed by atoms with Gasteiger partial charge in [0.25, 0.3) is 0 Å². The molecular weight excluding hydrogens is 284 g/mol. The maximum atomic E-state index is 5.82. The fraction of sp³-hybridized carbons (Fsp3) is 0.571. The third-order valence-corrected chi connectivity index (χ3v) is 3.74. The molecule has 8 nitrogen and oxygen atoms in total. The normalized spacial score (nSPS) is 20.6. The first kappa shape index (κ1) is 14.9. The molecule has 1 aliphatic rings. The zero-order chi connectivity index (χ0) is 15.4. The number of nitrogens with two attached hydrogens (primary N) is 1. The van der Waals surface area contributed by atoms with Gasteiger partial charge < -0.3 is 20.3 Å². The Kier molecular flexibility index (Phi) is 4.59. The van der Waals surface area contributed by atoms with Crippen LogP contribution in [0.1, 0.15) is 36.2 Å². The standard InChI is InChI=1S/C14H20N6O2/c1-21-3-2-14-19-13(20-22-14)7-16-12-6-11(17-8-18-12)9-4-10(15)5-9/h6,8-10H,2-5,7,15H2,1H3,(H,16,17,18). The van der Waals surface area contributed by atoms with Gasteiger partial charge in [0.05, 0.1) is 19.6 Å². The lowest BCUT2D eigenvalue weighted by molar-refractivity contribution is 0.192. The average Bonchev–Trinajstić information content (AvgIpc) is 2.96. The zero-order valence-electron chi connectivity index (χ0n) is 12.5. The van der Waals surface area contributed by atoms with Crippen molar-refractivity contribution < 1.29 is 9.26 Å². The van der Waals surface area contributed by atoms with Crippen LogP contribution in [0, 0.1) is 0 Å². The third kappa shape index (κ3) is 3.58. The highest BCUT2D eigenvalue weighted by Gasteiger charge is 2.28. The summed E-state index contributed by atoms with van der Waals surface area (Å²) in [5.41, 5.74) is 6.86. The Hall–Kier alpha value is -2.06. The van der Waals surface area contributed by atoms with Gasteiger partial charge in [-0.15, -0.1) is 0 Å². The summed E-state index contributed by atoms with van der Waals surface area (Å²) >= 11 is 0. The number of aromatic nitrogens is 4. The first-order valence-corrected chi connectivity index (χ1v) is 7.36. The molecular formula is C14H20N6O2. The van der Waals surface area contributed by atoms with E-state index in [0.29, 0.717) is 43.2 Å². The van der Waals surface area contributed by atoms with Gasteiger partial charge in [-0.25, -0.2) is 9.97 Å². The maximum Gasteiger partial charge on any atom is 0.229 e. The summed E-state index contributed by atoms with van der Waals surface area (Å²) in [5.74, 6) is 2.38. The van der Waals surface area contributed by atoms with Crippen LogP contribution in [0.3, 0.4) is 0 Å². The van der Waals surface area contributed by atoms with Crippen LogP contribution in [-0.2, 0) is 17.7 Å². The fourth-order valence-electron chi connectivity index (χ4n) is 2.42. The third-order valence-electron chi connectivity index (χ3n) is 3.74. The number of rotatable bonds is 7. The summed E-state index contributed by atoms with van der Waals surface area (Å²) in [5, 5.41) is 7.10. The van der Waals surface area contributed by atoms with E-state index < -0.39 is 0 Å². The molecule has 1 aliphatic carbocycles. The Balaban J connectivity index is 1.54. The molecule has 0 spiro atoms. The summed E-state index contributed by atoms with van der Waals surface area (Å²) in [7, 11) is 1.64. The van der Waals surface area contributed by atoms with Gasteiger partial charge in [0.15, 0.2) is 5.82 Å². The molecule has 1 saturated carbocycles. The van der Waals surface area contributed by atoms with Gasteiger partial charge >= 0.3 is 0 Å². The highest BCUT2D eigenvalue weighted by Crippen LogP contribution is 2.34. The van der Waals surface area contributed by atoms with Gasteiger partial charge in [-0.05, 0) is 12.8 Å². The number of ether oxygens (including phenoxy) is 1. The lowest BCUT2D eigenvalue weighted by Gasteiger charge is -2.31.